The highest BCUT2D eigenvalue weighted by Gasteiger charge is 2.20. The smallest absolute Gasteiger partial charge is 0.304 e. The van der Waals surface area contributed by atoms with Crippen molar-refractivity contribution in [2.24, 2.45) is 0 Å². The first kappa shape index (κ1) is 14.9. The van der Waals surface area contributed by atoms with Crippen molar-refractivity contribution in [1.82, 2.24) is 0 Å². The third-order valence-electron chi connectivity index (χ3n) is 2.42. The number of nitro benzene ring substituents is 1. The van der Waals surface area contributed by atoms with Gasteiger partial charge >= 0.3 is 5.97 Å². The van der Waals surface area contributed by atoms with Gasteiger partial charge < -0.3 is 5.11 Å². The predicted octanol–water partition coefficient (Wildman–Crippen LogP) is 0.835. The highest BCUT2D eigenvalue weighted by molar-refractivity contribution is 7.92. The summed E-state index contributed by atoms with van der Waals surface area (Å²) in [6.45, 7) is 0. The van der Waals surface area contributed by atoms with Gasteiger partial charge in [-0.25, -0.2) is 8.42 Å². The molecule has 0 aliphatic heterocycles. The van der Waals surface area contributed by atoms with E-state index in [9.17, 15) is 23.3 Å². The summed E-state index contributed by atoms with van der Waals surface area (Å²) in [6.07, 6.45) is -0.500. The molecule has 1 aromatic rings. The van der Waals surface area contributed by atoms with E-state index in [1.165, 1.54) is 31.3 Å². The fourth-order valence-electron chi connectivity index (χ4n) is 1.30. The molecule has 0 heterocycles. The third-order valence-corrected chi connectivity index (χ3v) is 4.18. The van der Waals surface area contributed by atoms with Crippen LogP contribution in [0.4, 0.5) is 11.4 Å². The highest BCUT2D eigenvalue weighted by atomic mass is 32.2. The first-order valence-corrected chi connectivity index (χ1v) is 6.78. The Morgan fingerprint density at radius 1 is 1.37 bits per heavy atom. The number of non-ortho nitro benzene ring substituents is 1. The number of rotatable bonds is 6. The zero-order valence-corrected chi connectivity index (χ0v) is 10.8. The summed E-state index contributed by atoms with van der Waals surface area (Å²) in [6, 6.07) is 4.93. The van der Waals surface area contributed by atoms with Gasteiger partial charge in [-0.15, -0.1) is 0 Å². The molecule has 1 rings (SSSR count). The Bertz CT molecular complexity index is 581. The van der Waals surface area contributed by atoms with Crippen molar-refractivity contribution in [3.8, 4) is 0 Å². The lowest BCUT2D eigenvalue weighted by Crippen LogP contribution is -2.29. The van der Waals surface area contributed by atoms with Crippen molar-refractivity contribution >= 4 is 27.4 Å². The Morgan fingerprint density at radius 2 is 1.89 bits per heavy atom. The molecule has 9 heteroatoms. The number of aliphatic carboxylic acids is 1. The molecule has 0 atom stereocenters. The molecule has 0 aromatic heterocycles. The van der Waals surface area contributed by atoms with Crippen molar-refractivity contribution in [3.63, 3.8) is 0 Å². The normalized spacial score (nSPS) is 11.0. The zero-order chi connectivity index (χ0) is 14.6. The maximum atomic E-state index is 11.8. The number of hydrogen-bond acceptors (Lipinski definition) is 5. The van der Waals surface area contributed by atoms with E-state index in [4.69, 9.17) is 5.11 Å². The second-order valence-electron chi connectivity index (χ2n) is 3.70. The largest absolute Gasteiger partial charge is 0.481 e. The summed E-state index contributed by atoms with van der Waals surface area (Å²) in [7, 11) is -2.50. The average Bonchev–Trinajstić information content (AvgIpc) is 2.35. The van der Waals surface area contributed by atoms with E-state index in [1.54, 1.807) is 0 Å². The van der Waals surface area contributed by atoms with Gasteiger partial charge in [0.05, 0.1) is 22.8 Å². The van der Waals surface area contributed by atoms with Crippen LogP contribution in [0.5, 0.6) is 0 Å². The van der Waals surface area contributed by atoms with Crippen LogP contribution in [0.15, 0.2) is 24.3 Å². The standard InChI is InChI=1S/C10H12N2O6S/c1-11(19(17,18)7-6-10(13)14)8-2-4-9(5-3-8)12(15)16/h2-5H,6-7H2,1H3,(H,13,14). The van der Waals surface area contributed by atoms with Crippen LogP contribution in [-0.2, 0) is 14.8 Å². The molecule has 0 saturated heterocycles. The fraction of sp³-hybridized carbons (Fsp3) is 0.300. The summed E-state index contributed by atoms with van der Waals surface area (Å²) in [5.41, 5.74) is 0.0797. The van der Waals surface area contributed by atoms with Gasteiger partial charge in [0.1, 0.15) is 0 Å². The Kier molecular flexibility index (Phi) is 4.43. The lowest BCUT2D eigenvalue weighted by Gasteiger charge is -2.18. The van der Waals surface area contributed by atoms with Crippen LogP contribution in [0.3, 0.4) is 0 Å². The molecule has 1 aromatic carbocycles. The van der Waals surface area contributed by atoms with Crippen LogP contribution in [0.1, 0.15) is 6.42 Å². The van der Waals surface area contributed by atoms with E-state index < -0.39 is 33.1 Å². The second kappa shape index (κ2) is 5.65. The van der Waals surface area contributed by atoms with E-state index in [2.05, 4.69) is 0 Å². The quantitative estimate of drug-likeness (QED) is 0.612. The maximum Gasteiger partial charge on any atom is 0.304 e. The number of benzene rings is 1. The molecule has 1 N–H and O–H groups in total. The fourth-order valence-corrected chi connectivity index (χ4v) is 2.45. The third kappa shape index (κ3) is 3.91. The van der Waals surface area contributed by atoms with Crippen LogP contribution in [0, 0.1) is 10.1 Å². The number of nitrogens with zero attached hydrogens (tertiary/aromatic N) is 2. The second-order valence-corrected chi connectivity index (χ2v) is 5.82. The monoisotopic (exact) mass is 288 g/mol. The van der Waals surface area contributed by atoms with E-state index in [1.807, 2.05) is 0 Å². The van der Waals surface area contributed by atoms with Gasteiger partial charge in [0.25, 0.3) is 5.69 Å². The minimum atomic E-state index is -3.76. The lowest BCUT2D eigenvalue weighted by molar-refractivity contribution is -0.384. The Hall–Kier alpha value is -2.16. The summed E-state index contributed by atoms with van der Waals surface area (Å²) in [5, 5.41) is 18.9. The zero-order valence-electron chi connectivity index (χ0n) is 10.0. The number of carbonyl (C=O) groups is 1. The molecular weight excluding hydrogens is 276 g/mol. The van der Waals surface area contributed by atoms with Crippen LogP contribution < -0.4 is 4.31 Å². The first-order chi connectivity index (χ1) is 8.74. The van der Waals surface area contributed by atoms with Gasteiger partial charge in [0.15, 0.2) is 0 Å². The molecule has 0 aliphatic carbocycles. The highest BCUT2D eigenvalue weighted by Crippen LogP contribution is 2.20. The number of hydrogen-bond donors (Lipinski definition) is 1. The number of carboxylic acid groups (broad SMARTS) is 1. The van der Waals surface area contributed by atoms with E-state index in [0.29, 0.717) is 0 Å². The van der Waals surface area contributed by atoms with Crippen LogP contribution in [0.2, 0.25) is 0 Å². The van der Waals surface area contributed by atoms with Gasteiger partial charge in [-0.2, -0.15) is 0 Å². The molecule has 0 amide bonds. The molecule has 0 radical (unpaired) electrons. The molecule has 0 saturated carbocycles. The predicted molar refractivity (Wildman–Crippen MR) is 67.5 cm³/mol. The van der Waals surface area contributed by atoms with Crippen molar-refractivity contribution < 1.29 is 23.2 Å². The molecule has 0 fully saturated rings. The molecule has 104 valence electrons. The minimum absolute atomic E-state index is 0.153. The van der Waals surface area contributed by atoms with E-state index in [-0.39, 0.29) is 11.4 Å². The van der Waals surface area contributed by atoms with Gasteiger partial charge in [-0.3, -0.25) is 19.2 Å². The summed E-state index contributed by atoms with van der Waals surface area (Å²) >= 11 is 0. The number of anilines is 1. The minimum Gasteiger partial charge on any atom is -0.481 e. The van der Waals surface area contributed by atoms with Crippen LogP contribution in [-0.4, -0.2) is 37.2 Å². The van der Waals surface area contributed by atoms with E-state index >= 15 is 0 Å². The molecule has 0 spiro atoms. The number of carboxylic acids is 1. The van der Waals surface area contributed by atoms with Crippen molar-refractivity contribution in [3.05, 3.63) is 34.4 Å². The Balaban J connectivity index is 2.90. The number of nitro groups is 1. The Labute approximate surface area is 109 Å². The maximum absolute atomic E-state index is 11.8. The van der Waals surface area contributed by atoms with Crippen molar-refractivity contribution in [1.29, 1.82) is 0 Å². The van der Waals surface area contributed by atoms with Crippen molar-refractivity contribution in [2.75, 3.05) is 17.1 Å². The van der Waals surface area contributed by atoms with Crippen molar-refractivity contribution in [2.45, 2.75) is 6.42 Å². The molecular formula is C10H12N2O6S. The summed E-state index contributed by atoms with van der Waals surface area (Å²) in [5.74, 6) is -1.74. The average molecular weight is 288 g/mol. The molecule has 8 nitrogen and oxygen atoms in total. The molecule has 0 bridgehead atoms. The SMILES string of the molecule is CN(c1ccc([N+](=O)[O-])cc1)S(=O)(=O)CCC(=O)O. The van der Waals surface area contributed by atoms with Gasteiger partial charge in [-0.05, 0) is 12.1 Å². The summed E-state index contributed by atoms with van der Waals surface area (Å²) in [4.78, 5) is 20.2. The molecule has 0 aliphatic rings. The lowest BCUT2D eigenvalue weighted by atomic mass is 10.3. The van der Waals surface area contributed by atoms with Gasteiger partial charge in [-0.1, -0.05) is 0 Å². The van der Waals surface area contributed by atoms with Crippen LogP contribution >= 0.6 is 0 Å². The molecule has 0 unspecified atom stereocenters. The number of sulfonamides is 1. The van der Waals surface area contributed by atoms with Gasteiger partial charge in [0, 0.05) is 19.2 Å². The Morgan fingerprint density at radius 3 is 2.32 bits per heavy atom. The topological polar surface area (TPSA) is 118 Å². The molecule has 19 heavy (non-hydrogen) atoms. The van der Waals surface area contributed by atoms with E-state index in [0.717, 1.165) is 4.31 Å². The first-order valence-electron chi connectivity index (χ1n) is 5.17. The van der Waals surface area contributed by atoms with Gasteiger partial charge in [0.2, 0.25) is 10.0 Å². The summed E-state index contributed by atoms with van der Waals surface area (Å²) < 4.78 is 24.5. The van der Waals surface area contributed by atoms with Crippen LogP contribution in [0.25, 0.3) is 0 Å².